The monoisotopic (exact) mass is 261 g/mol. The Balaban J connectivity index is 1.78. The third kappa shape index (κ3) is 4.01. The van der Waals surface area contributed by atoms with Gasteiger partial charge in [0.15, 0.2) is 5.65 Å². The number of rotatable bonds is 8. The second kappa shape index (κ2) is 7.21. The Bertz CT molecular complexity index is 506. The van der Waals surface area contributed by atoms with Crippen LogP contribution in [0, 0.1) is 6.92 Å². The van der Waals surface area contributed by atoms with Crippen molar-refractivity contribution in [2.24, 2.45) is 0 Å². The van der Waals surface area contributed by atoms with Gasteiger partial charge in [-0.25, -0.2) is 9.97 Å². The smallest absolute Gasteiger partial charge is 0.177 e. The highest BCUT2D eigenvalue weighted by atomic mass is 15.0. The fraction of sp³-hybridized carbons (Fsp3) is 0.571. The van der Waals surface area contributed by atoms with Gasteiger partial charge in [-0.1, -0.05) is 6.92 Å². The van der Waals surface area contributed by atoms with Crippen LogP contribution in [0.5, 0.6) is 0 Å². The Kier molecular flexibility index (Phi) is 5.30. The van der Waals surface area contributed by atoms with E-state index in [9.17, 15) is 0 Å². The highest BCUT2D eigenvalue weighted by molar-refractivity contribution is 5.74. The summed E-state index contributed by atoms with van der Waals surface area (Å²) in [6, 6.07) is 2.04. The molecule has 3 N–H and O–H groups in total. The summed E-state index contributed by atoms with van der Waals surface area (Å²) in [7, 11) is 0. The zero-order chi connectivity index (χ0) is 13.5. The van der Waals surface area contributed by atoms with Crippen molar-refractivity contribution >= 4 is 11.2 Å². The molecule has 0 amide bonds. The van der Waals surface area contributed by atoms with Crippen LogP contribution in [0.15, 0.2) is 12.3 Å². The standard InChI is InChI=1S/C14H23N5/c1-3-6-15-7-4-8-16-10-12-5-9-17-14-13(12)18-11(2)19-14/h5,9,15-16H,3-4,6-8,10H2,1-2H3,(H,17,18,19). The molecule has 5 nitrogen and oxygen atoms in total. The van der Waals surface area contributed by atoms with E-state index in [0.29, 0.717) is 0 Å². The average molecular weight is 261 g/mol. The normalized spacial score (nSPS) is 11.3. The van der Waals surface area contributed by atoms with Crippen LogP contribution in [0.3, 0.4) is 0 Å². The summed E-state index contributed by atoms with van der Waals surface area (Å²) < 4.78 is 0. The third-order valence-electron chi connectivity index (χ3n) is 3.05. The van der Waals surface area contributed by atoms with Crippen molar-refractivity contribution in [2.45, 2.75) is 33.2 Å². The van der Waals surface area contributed by atoms with Crippen molar-refractivity contribution in [3.8, 4) is 0 Å². The van der Waals surface area contributed by atoms with Gasteiger partial charge in [0, 0.05) is 12.7 Å². The molecule has 0 atom stereocenters. The molecule has 0 saturated carbocycles. The number of nitrogens with one attached hydrogen (secondary N) is 3. The molecule has 2 heterocycles. The van der Waals surface area contributed by atoms with E-state index in [4.69, 9.17) is 0 Å². The summed E-state index contributed by atoms with van der Waals surface area (Å²) in [5.41, 5.74) is 3.09. The second-order valence-corrected chi connectivity index (χ2v) is 4.77. The number of hydrogen-bond donors (Lipinski definition) is 3. The molecule has 0 aliphatic carbocycles. The summed E-state index contributed by atoms with van der Waals surface area (Å²) in [5.74, 6) is 0.915. The van der Waals surface area contributed by atoms with E-state index in [1.54, 1.807) is 0 Å². The Morgan fingerprint density at radius 3 is 2.89 bits per heavy atom. The minimum absolute atomic E-state index is 0.807. The molecule has 2 aromatic rings. The minimum atomic E-state index is 0.807. The molecule has 5 heteroatoms. The van der Waals surface area contributed by atoms with E-state index >= 15 is 0 Å². The topological polar surface area (TPSA) is 65.6 Å². The Hall–Kier alpha value is -1.46. The predicted octanol–water partition coefficient (Wildman–Crippen LogP) is 1.75. The van der Waals surface area contributed by atoms with E-state index in [0.717, 1.165) is 49.6 Å². The van der Waals surface area contributed by atoms with Crippen LogP contribution in [0.2, 0.25) is 0 Å². The first-order valence-electron chi connectivity index (χ1n) is 7.03. The summed E-state index contributed by atoms with van der Waals surface area (Å²) in [4.78, 5) is 11.9. The summed E-state index contributed by atoms with van der Waals surface area (Å²) >= 11 is 0. The molecule has 2 rings (SSSR count). The minimum Gasteiger partial charge on any atom is -0.341 e. The quantitative estimate of drug-likeness (QED) is 0.633. The lowest BCUT2D eigenvalue weighted by Gasteiger charge is -2.06. The van der Waals surface area contributed by atoms with Gasteiger partial charge < -0.3 is 15.6 Å². The Labute approximate surface area is 114 Å². The predicted molar refractivity (Wildman–Crippen MR) is 78.1 cm³/mol. The maximum Gasteiger partial charge on any atom is 0.177 e. The maximum atomic E-state index is 4.35. The molecule has 104 valence electrons. The van der Waals surface area contributed by atoms with Crippen molar-refractivity contribution in [3.63, 3.8) is 0 Å². The molecule has 0 aliphatic rings. The van der Waals surface area contributed by atoms with Gasteiger partial charge in [-0.05, 0) is 51.0 Å². The van der Waals surface area contributed by atoms with Crippen LogP contribution in [0.4, 0.5) is 0 Å². The SMILES string of the molecule is CCCNCCCNCc1ccnc2nc(C)[nH]c12. The van der Waals surface area contributed by atoms with E-state index in [2.05, 4.69) is 32.5 Å². The molecular formula is C14H23N5. The first-order chi connectivity index (χ1) is 9.31. The fourth-order valence-corrected chi connectivity index (χ4v) is 2.09. The van der Waals surface area contributed by atoms with Crippen LogP contribution < -0.4 is 10.6 Å². The number of hydrogen-bond acceptors (Lipinski definition) is 4. The van der Waals surface area contributed by atoms with Crippen LogP contribution in [-0.4, -0.2) is 34.6 Å². The number of aryl methyl sites for hydroxylation is 1. The molecule has 0 unspecified atom stereocenters. The molecule has 0 fully saturated rings. The van der Waals surface area contributed by atoms with Crippen molar-refractivity contribution in [1.29, 1.82) is 0 Å². The third-order valence-corrected chi connectivity index (χ3v) is 3.05. The van der Waals surface area contributed by atoms with Gasteiger partial charge in [0.25, 0.3) is 0 Å². The number of aromatic nitrogens is 3. The maximum absolute atomic E-state index is 4.35. The van der Waals surface area contributed by atoms with Crippen LogP contribution in [-0.2, 0) is 6.54 Å². The number of imidazole rings is 1. The highest BCUT2D eigenvalue weighted by Gasteiger charge is 2.05. The number of nitrogens with zero attached hydrogens (tertiary/aromatic N) is 2. The lowest BCUT2D eigenvalue weighted by molar-refractivity contribution is 0.593. The fourth-order valence-electron chi connectivity index (χ4n) is 2.09. The average Bonchev–Trinajstić information content (AvgIpc) is 2.78. The molecule has 0 bridgehead atoms. The number of H-pyrrole nitrogens is 1. The van der Waals surface area contributed by atoms with Crippen LogP contribution in [0.1, 0.15) is 31.2 Å². The van der Waals surface area contributed by atoms with Crippen molar-refractivity contribution < 1.29 is 0 Å². The van der Waals surface area contributed by atoms with E-state index in [-0.39, 0.29) is 0 Å². The zero-order valence-corrected chi connectivity index (χ0v) is 11.8. The van der Waals surface area contributed by atoms with Crippen molar-refractivity contribution in [1.82, 2.24) is 25.6 Å². The summed E-state index contributed by atoms with van der Waals surface area (Å²) in [5, 5.41) is 6.86. The van der Waals surface area contributed by atoms with Gasteiger partial charge in [0.2, 0.25) is 0 Å². The number of fused-ring (bicyclic) bond motifs is 1. The second-order valence-electron chi connectivity index (χ2n) is 4.77. The Morgan fingerprint density at radius 2 is 2.05 bits per heavy atom. The van der Waals surface area contributed by atoms with Crippen LogP contribution >= 0.6 is 0 Å². The van der Waals surface area contributed by atoms with Crippen LogP contribution in [0.25, 0.3) is 11.2 Å². The highest BCUT2D eigenvalue weighted by Crippen LogP contribution is 2.13. The molecule has 2 aromatic heterocycles. The lowest BCUT2D eigenvalue weighted by Crippen LogP contribution is -2.22. The largest absolute Gasteiger partial charge is 0.341 e. The molecular weight excluding hydrogens is 238 g/mol. The van der Waals surface area contributed by atoms with E-state index in [1.165, 1.54) is 12.0 Å². The first-order valence-corrected chi connectivity index (χ1v) is 7.03. The van der Waals surface area contributed by atoms with Gasteiger partial charge in [0.05, 0.1) is 5.52 Å². The van der Waals surface area contributed by atoms with Crippen molar-refractivity contribution in [3.05, 3.63) is 23.7 Å². The van der Waals surface area contributed by atoms with Crippen molar-refractivity contribution in [2.75, 3.05) is 19.6 Å². The number of pyridine rings is 1. The molecule has 0 spiro atoms. The first kappa shape index (κ1) is 14.0. The Morgan fingerprint density at radius 1 is 1.21 bits per heavy atom. The summed E-state index contributed by atoms with van der Waals surface area (Å²) in [6.07, 6.45) is 4.17. The molecule has 0 saturated heterocycles. The zero-order valence-electron chi connectivity index (χ0n) is 11.8. The summed E-state index contributed by atoms with van der Waals surface area (Å²) in [6.45, 7) is 8.21. The lowest BCUT2D eigenvalue weighted by atomic mass is 10.2. The van der Waals surface area contributed by atoms with Gasteiger partial charge >= 0.3 is 0 Å². The molecule has 19 heavy (non-hydrogen) atoms. The molecule has 0 aromatic carbocycles. The number of aromatic amines is 1. The van der Waals surface area contributed by atoms with Gasteiger partial charge in [-0.15, -0.1) is 0 Å². The van der Waals surface area contributed by atoms with Gasteiger partial charge in [-0.2, -0.15) is 0 Å². The molecule has 0 radical (unpaired) electrons. The van der Waals surface area contributed by atoms with E-state index < -0.39 is 0 Å². The van der Waals surface area contributed by atoms with Gasteiger partial charge in [0.1, 0.15) is 5.82 Å². The van der Waals surface area contributed by atoms with Gasteiger partial charge in [-0.3, -0.25) is 0 Å². The van der Waals surface area contributed by atoms with E-state index in [1.807, 2.05) is 19.2 Å². The molecule has 0 aliphatic heterocycles.